The van der Waals surface area contributed by atoms with E-state index in [2.05, 4.69) is 0 Å². The van der Waals surface area contributed by atoms with E-state index in [4.69, 9.17) is 14.6 Å². The molecule has 0 bridgehead atoms. The molecule has 0 atom stereocenters. The fourth-order valence-electron chi connectivity index (χ4n) is 1.95. The summed E-state index contributed by atoms with van der Waals surface area (Å²) in [6, 6.07) is 7.27. The van der Waals surface area contributed by atoms with Crippen LogP contribution in [0, 0.1) is 0 Å². The highest BCUT2D eigenvalue weighted by molar-refractivity contribution is 5.85. The number of carbonyl (C=O) groups excluding carboxylic acids is 1. The van der Waals surface area contributed by atoms with Crippen LogP contribution in [-0.2, 0) is 14.3 Å². The molecule has 0 fully saturated rings. The summed E-state index contributed by atoms with van der Waals surface area (Å²) in [7, 11) is 0. The number of carbonyl (C=O) groups is 2. The minimum absolute atomic E-state index is 0.289. The summed E-state index contributed by atoms with van der Waals surface area (Å²) in [5.41, 5.74) is 0.817. The van der Waals surface area contributed by atoms with Gasteiger partial charge >= 0.3 is 11.9 Å². The van der Waals surface area contributed by atoms with Crippen LogP contribution in [0.15, 0.2) is 42.5 Å². The van der Waals surface area contributed by atoms with Gasteiger partial charge in [0.1, 0.15) is 5.75 Å². The van der Waals surface area contributed by atoms with Crippen LogP contribution in [0.25, 0.3) is 6.08 Å². The molecule has 0 aliphatic heterocycles. The number of esters is 1. The van der Waals surface area contributed by atoms with E-state index in [0.29, 0.717) is 13.2 Å². The average Bonchev–Trinajstić information content (AvgIpc) is 2.56. The van der Waals surface area contributed by atoms with Gasteiger partial charge in [0.2, 0.25) is 0 Å². The van der Waals surface area contributed by atoms with Gasteiger partial charge in [0.25, 0.3) is 0 Å². The molecule has 0 aromatic heterocycles. The molecule has 0 amide bonds. The van der Waals surface area contributed by atoms with Gasteiger partial charge in [-0.15, -0.1) is 0 Å². The first kappa shape index (κ1) is 19.5. The Bertz CT molecular complexity index is 558. The Hall–Kier alpha value is -2.56. The Morgan fingerprint density at radius 1 is 1.00 bits per heavy atom. The number of carboxylic acid groups (broad SMARTS) is 1. The van der Waals surface area contributed by atoms with E-state index >= 15 is 0 Å². The Morgan fingerprint density at radius 2 is 1.67 bits per heavy atom. The normalized spacial score (nSPS) is 11.0. The average molecular weight is 332 g/mol. The van der Waals surface area contributed by atoms with Crippen molar-refractivity contribution in [1.29, 1.82) is 0 Å². The van der Waals surface area contributed by atoms with Crippen LogP contribution in [0.2, 0.25) is 0 Å². The first-order chi connectivity index (χ1) is 11.6. The van der Waals surface area contributed by atoms with Gasteiger partial charge < -0.3 is 14.6 Å². The maximum absolute atomic E-state index is 11.1. The lowest BCUT2D eigenvalue weighted by Gasteiger charge is -2.06. The summed E-state index contributed by atoms with van der Waals surface area (Å²) in [4.78, 5) is 21.5. The standard InChI is InChI=1S/C19H24O5/c1-2-7-19(22)24-15-6-4-3-5-14-23-17-11-8-16(9-12-17)10-13-18(20)21/h2,7-13H,3-6,14-15H2,1H3,(H,20,21)/b7-2+,13-10+. The molecule has 0 spiro atoms. The van der Waals surface area contributed by atoms with Crippen molar-refractivity contribution in [2.75, 3.05) is 13.2 Å². The third kappa shape index (κ3) is 9.46. The van der Waals surface area contributed by atoms with Crippen molar-refractivity contribution in [3.63, 3.8) is 0 Å². The maximum atomic E-state index is 11.1. The number of hydrogen-bond donors (Lipinski definition) is 1. The second kappa shape index (κ2) is 11.9. The zero-order chi connectivity index (χ0) is 17.6. The first-order valence-corrected chi connectivity index (χ1v) is 8.05. The van der Waals surface area contributed by atoms with Gasteiger partial charge in [0, 0.05) is 12.2 Å². The predicted octanol–water partition coefficient (Wildman–Crippen LogP) is 3.84. The van der Waals surface area contributed by atoms with Crippen molar-refractivity contribution < 1.29 is 24.2 Å². The SMILES string of the molecule is C/C=C/C(=O)OCCCCCCOc1ccc(/C=C/C(=O)O)cc1. The quantitative estimate of drug-likeness (QED) is 0.379. The van der Waals surface area contributed by atoms with Gasteiger partial charge in [-0.05, 0) is 56.4 Å². The number of unbranched alkanes of at least 4 members (excludes halogenated alkanes) is 3. The highest BCUT2D eigenvalue weighted by Gasteiger charge is 1.97. The lowest BCUT2D eigenvalue weighted by Crippen LogP contribution is -2.02. The van der Waals surface area contributed by atoms with Crippen LogP contribution in [0.4, 0.5) is 0 Å². The zero-order valence-corrected chi connectivity index (χ0v) is 13.9. The Morgan fingerprint density at radius 3 is 2.29 bits per heavy atom. The van der Waals surface area contributed by atoms with Gasteiger partial charge in [0.15, 0.2) is 0 Å². The third-order valence-electron chi connectivity index (χ3n) is 3.15. The molecule has 0 saturated heterocycles. The molecule has 130 valence electrons. The molecular formula is C19H24O5. The van der Waals surface area contributed by atoms with Crippen LogP contribution >= 0.6 is 0 Å². The molecule has 0 unspecified atom stereocenters. The van der Waals surface area contributed by atoms with E-state index in [9.17, 15) is 9.59 Å². The molecule has 5 heteroatoms. The van der Waals surface area contributed by atoms with Crippen LogP contribution in [0.5, 0.6) is 5.75 Å². The van der Waals surface area contributed by atoms with E-state index in [0.717, 1.165) is 43.1 Å². The summed E-state index contributed by atoms with van der Waals surface area (Å²) >= 11 is 0. The molecule has 24 heavy (non-hydrogen) atoms. The Balaban J connectivity index is 2.09. The molecule has 1 N–H and O–H groups in total. The van der Waals surface area contributed by atoms with E-state index < -0.39 is 5.97 Å². The predicted molar refractivity (Wildman–Crippen MR) is 92.8 cm³/mol. The molecule has 1 aromatic rings. The summed E-state index contributed by atoms with van der Waals surface area (Å²) in [5, 5.41) is 8.56. The summed E-state index contributed by atoms with van der Waals surface area (Å²) in [5.74, 6) is -0.489. The molecule has 0 saturated carbocycles. The van der Waals surface area contributed by atoms with Gasteiger partial charge in [-0.2, -0.15) is 0 Å². The highest BCUT2D eigenvalue weighted by atomic mass is 16.5. The van der Waals surface area contributed by atoms with Gasteiger partial charge in [0.05, 0.1) is 13.2 Å². The maximum Gasteiger partial charge on any atom is 0.330 e. The molecule has 5 nitrogen and oxygen atoms in total. The third-order valence-corrected chi connectivity index (χ3v) is 3.15. The molecule has 1 rings (SSSR count). The zero-order valence-electron chi connectivity index (χ0n) is 13.9. The first-order valence-electron chi connectivity index (χ1n) is 8.05. The molecule has 1 aromatic carbocycles. The number of carboxylic acids is 1. The van der Waals surface area contributed by atoms with Gasteiger partial charge in [-0.25, -0.2) is 9.59 Å². The molecule has 0 heterocycles. The van der Waals surface area contributed by atoms with Crippen LogP contribution in [-0.4, -0.2) is 30.3 Å². The Kier molecular flexibility index (Phi) is 9.69. The van der Waals surface area contributed by atoms with Crippen LogP contribution < -0.4 is 4.74 Å². The van der Waals surface area contributed by atoms with E-state index in [1.54, 1.807) is 13.0 Å². The fraction of sp³-hybridized carbons (Fsp3) is 0.368. The minimum Gasteiger partial charge on any atom is -0.494 e. The largest absolute Gasteiger partial charge is 0.494 e. The number of hydrogen-bond acceptors (Lipinski definition) is 4. The Labute approximate surface area is 142 Å². The minimum atomic E-state index is -0.966. The van der Waals surface area contributed by atoms with E-state index in [1.807, 2.05) is 24.3 Å². The number of rotatable bonds is 11. The van der Waals surface area contributed by atoms with Crippen molar-refractivity contribution in [2.45, 2.75) is 32.6 Å². The molecule has 0 aliphatic rings. The number of ether oxygens (including phenoxy) is 2. The van der Waals surface area contributed by atoms with Gasteiger partial charge in [-0.3, -0.25) is 0 Å². The lowest BCUT2D eigenvalue weighted by molar-refractivity contribution is -0.138. The van der Waals surface area contributed by atoms with Crippen molar-refractivity contribution in [1.82, 2.24) is 0 Å². The smallest absolute Gasteiger partial charge is 0.330 e. The summed E-state index contributed by atoms with van der Waals surface area (Å²) < 4.78 is 10.6. The van der Waals surface area contributed by atoms with Crippen LogP contribution in [0.3, 0.4) is 0 Å². The fourth-order valence-corrected chi connectivity index (χ4v) is 1.95. The second-order valence-electron chi connectivity index (χ2n) is 5.17. The summed E-state index contributed by atoms with van der Waals surface area (Å²) in [6.07, 6.45) is 9.51. The van der Waals surface area contributed by atoms with E-state index in [-0.39, 0.29) is 5.97 Å². The van der Waals surface area contributed by atoms with Crippen molar-refractivity contribution in [3.8, 4) is 5.75 Å². The number of allylic oxidation sites excluding steroid dienone is 1. The summed E-state index contributed by atoms with van der Waals surface area (Å²) in [6.45, 7) is 2.86. The monoisotopic (exact) mass is 332 g/mol. The van der Waals surface area contributed by atoms with Crippen molar-refractivity contribution in [2.24, 2.45) is 0 Å². The number of aliphatic carboxylic acids is 1. The molecule has 0 radical (unpaired) electrons. The lowest BCUT2D eigenvalue weighted by atomic mass is 10.2. The molecular weight excluding hydrogens is 308 g/mol. The topological polar surface area (TPSA) is 72.8 Å². The van der Waals surface area contributed by atoms with Crippen molar-refractivity contribution >= 4 is 18.0 Å². The number of benzene rings is 1. The second-order valence-corrected chi connectivity index (χ2v) is 5.17. The highest BCUT2D eigenvalue weighted by Crippen LogP contribution is 2.14. The van der Waals surface area contributed by atoms with E-state index in [1.165, 1.54) is 12.2 Å². The van der Waals surface area contributed by atoms with Crippen molar-refractivity contribution in [3.05, 3.63) is 48.1 Å². The van der Waals surface area contributed by atoms with Gasteiger partial charge in [-0.1, -0.05) is 18.2 Å². The molecule has 0 aliphatic carbocycles. The van der Waals surface area contributed by atoms with Crippen LogP contribution in [0.1, 0.15) is 38.2 Å².